The molecular formula is C44H83NO4. The van der Waals surface area contributed by atoms with E-state index in [4.69, 9.17) is 4.74 Å². The van der Waals surface area contributed by atoms with E-state index < -0.39 is 0 Å². The summed E-state index contributed by atoms with van der Waals surface area (Å²) in [6, 6.07) is 0. The minimum Gasteiger partial charge on any atom is -0.469 e. The van der Waals surface area contributed by atoms with Gasteiger partial charge in [0.2, 0.25) is 0 Å². The summed E-state index contributed by atoms with van der Waals surface area (Å²) in [6.45, 7) is 3.22. The van der Waals surface area contributed by atoms with Crippen LogP contribution in [0.5, 0.6) is 0 Å². The van der Waals surface area contributed by atoms with Gasteiger partial charge in [-0.2, -0.15) is 0 Å². The van der Waals surface area contributed by atoms with Gasteiger partial charge in [-0.15, -0.1) is 0 Å². The third kappa shape index (κ3) is 39.0. The maximum absolute atomic E-state index is 12.5. The Kier molecular flexibility index (Phi) is 37.9. The van der Waals surface area contributed by atoms with E-state index in [9.17, 15) is 9.59 Å². The molecule has 0 rings (SSSR count). The molecule has 5 nitrogen and oxygen atoms in total. The van der Waals surface area contributed by atoms with E-state index in [0.717, 1.165) is 38.6 Å². The molecule has 0 aromatic heterocycles. The molecule has 0 saturated carbocycles. The zero-order valence-electron chi connectivity index (χ0n) is 33.3. The molecule has 0 aliphatic heterocycles. The van der Waals surface area contributed by atoms with Gasteiger partial charge in [-0.3, -0.25) is 9.59 Å². The first-order valence-electron chi connectivity index (χ1n) is 21.2. The smallest absolute Gasteiger partial charge is 0.306 e. The molecule has 0 aromatic rings. The van der Waals surface area contributed by atoms with E-state index in [2.05, 4.69) is 55.0 Å². The van der Waals surface area contributed by atoms with Crippen LogP contribution >= 0.6 is 0 Å². The average Bonchev–Trinajstić information content (AvgIpc) is 3.08. The van der Waals surface area contributed by atoms with Crippen molar-refractivity contribution in [3.05, 3.63) is 24.3 Å². The standard InChI is InChI=1S/C44H83NO4/c1-5-6-7-8-9-10-11-12-13-15-18-21-24-27-30-33-37-42(49-44(47)40-36-41-45(2)3)38-34-31-28-25-22-19-16-14-17-20-23-26-29-32-35-39-43(46)48-4/h12-14,17,42H,5-11,15-16,18-41H2,1-4H3/b13-12-,17-14-. The number of allylic oxidation sites excluding steroid dienone is 4. The fraction of sp³-hybridized carbons (Fsp3) is 0.864. The highest BCUT2D eigenvalue weighted by molar-refractivity contribution is 5.69. The molecule has 0 N–H and O–H groups in total. The Bertz CT molecular complexity index is 762. The fourth-order valence-electron chi connectivity index (χ4n) is 6.41. The van der Waals surface area contributed by atoms with Crippen LogP contribution in [0.25, 0.3) is 0 Å². The van der Waals surface area contributed by atoms with E-state index in [0.29, 0.717) is 12.8 Å². The topological polar surface area (TPSA) is 55.8 Å². The molecule has 0 fully saturated rings. The maximum atomic E-state index is 12.5. The van der Waals surface area contributed by atoms with Crippen LogP contribution in [0.4, 0.5) is 0 Å². The number of rotatable bonds is 38. The molecule has 288 valence electrons. The Hall–Kier alpha value is -1.62. The SMILES string of the molecule is CCCCCCCC/C=C\CCCCCCCCC(CCCCCCCC/C=C\CCCCCCCC(=O)OC)OC(=O)CCCN(C)C. The summed E-state index contributed by atoms with van der Waals surface area (Å²) in [5.74, 6) is -0.0874. The summed E-state index contributed by atoms with van der Waals surface area (Å²) in [5, 5.41) is 0. The Morgan fingerprint density at radius 3 is 1.27 bits per heavy atom. The third-order valence-corrected chi connectivity index (χ3v) is 9.62. The molecule has 0 aromatic carbocycles. The lowest BCUT2D eigenvalue weighted by Crippen LogP contribution is -2.20. The molecule has 0 aliphatic carbocycles. The zero-order valence-corrected chi connectivity index (χ0v) is 33.3. The molecule has 1 unspecified atom stereocenters. The number of hydrogen-bond donors (Lipinski definition) is 0. The lowest BCUT2D eigenvalue weighted by molar-refractivity contribution is -0.150. The van der Waals surface area contributed by atoms with Gasteiger partial charge in [0.05, 0.1) is 7.11 Å². The van der Waals surface area contributed by atoms with E-state index in [1.54, 1.807) is 0 Å². The molecule has 0 aliphatic rings. The minimum absolute atomic E-state index is 0.0000830. The van der Waals surface area contributed by atoms with Gasteiger partial charge in [0, 0.05) is 12.8 Å². The molecule has 0 heterocycles. The zero-order chi connectivity index (χ0) is 35.9. The van der Waals surface area contributed by atoms with Crippen molar-refractivity contribution in [2.75, 3.05) is 27.7 Å². The predicted octanol–water partition coefficient (Wildman–Crippen LogP) is 13.2. The lowest BCUT2D eigenvalue weighted by atomic mass is 10.0. The van der Waals surface area contributed by atoms with E-state index >= 15 is 0 Å². The first-order valence-corrected chi connectivity index (χ1v) is 21.2. The normalized spacial score (nSPS) is 12.4. The first kappa shape index (κ1) is 47.4. The van der Waals surface area contributed by atoms with Gasteiger partial charge in [0.15, 0.2) is 0 Å². The molecule has 0 amide bonds. The van der Waals surface area contributed by atoms with Crippen molar-refractivity contribution in [3.8, 4) is 0 Å². The first-order chi connectivity index (χ1) is 24.0. The molecule has 49 heavy (non-hydrogen) atoms. The van der Waals surface area contributed by atoms with Crippen molar-refractivity contribution in [1.29, 1.82) is 0 Å². The van der Waals surface area contributed by atoms with Crippen LogP contribution in [-0.4, -0.2) is 50.7 Å². The summed E-state index contributed by atoms with van der Waals surface area (Å²) >= 11 is 0. The van der Waals surface area contributed by atoms with Crippen molar-refractivity contribution in [3.63, 3.8) is 0 Å². The van der Waals surface area contributed by atoms with Crippen molar-refractivity contribution < 1.29 is 19.1 Å². The van der Waals surface area contributed by atoms with Gasteiger partial charge >= 0.3 is 11.9 Å². The number of esters is 2. The van der Waals surface area contributed by atoms with Gasteiger partial charge in [-0.05, 0) is 111 Å². The van der Waals surface area contributed by atoms with E-state index in [-0.39, 0.29) is 18.0 Å². The number of carbonyl (C=O) groups is 2. The summed E-state index contributed by atoms with van der Waals surface area (Å²) in [7, 11) is 5.58. The quantitative estimate of drug-likeness (QED) is 0.0367. The molecule has 5 heteroatoms. The van der Waals surface area contributed by atoms with Crippen LogP contribution in [0.15, 0.2) is 24.3 Å². The van der Waals surface area contributed by atoms with Crippen molar-refractivity contribution in [1.82, 2.24) is 4.90 Å². The fourth-order valence-corrected chi connectivity index (χ4v) is 6.41. The molecule has 0 saturated heterocycles. The highest BCUT2D eigenvalue weighted by Gasteiger charge is 2.14. The lowest BCUT2D eigenvalue weighted by Gasteiger charge is -2.18. The number of ether oxygens (including phenoxy) is 2. The number of carbonyl (C=O) groups excluding carboxylic acids is 2. The largest absolute Gasteiger partial charge is 0.469 e. The van der Waals surface area contributed by atoms with Gasteiger partial charge in [-0.25, -0.2) is 0 Å². The van der Waals surface area contributed by atoms with Crippen LogP contribution in [0.2, 0.25) is 0 Å². The van der Waals surface area contributed by atoms with Crippen LogP contribution in [0.3, 0.4) is 0 Å². The van der Waals surface area contributed by atoms with Gasteiger partial charge < -0.3 is 14.4 Å². The van der Waals surface area contributed by atoms with Crippen molar-refractivity contribution >= 4 is 11.9 Å². The molecule has 0 bridgehead atoms. The maximum Gasteiger partial charge on any atom is 0.306 e. The number of nitrogens with zero attached hydrogens (tertiary/aromatic N) is 1. The van der Waals surface area contributed by atoms with Crippen molar-refractivity contribution in [2.24, 2.45) is 0 Å². The van der Waals surface area contributed by atoms with Crippen LogP contribution in [-0.2, 0) is 19.1 Å². The summed E-state index contributed by atoms with van der Waals surface area (Å²) in [4.78, 5) is 25.8. The number of hydrogen-bond acceptors (Lipinski definition) is 5. The second-order valence-electron chi connectivity index (χ2n) is 14.8. The number of methoxy groups -OCH3 is 1. The monoisotopic (exact) mass is 690 g/mol. The predicted molar refractivity (Wildman–Crippen MR) is 212 cm³/mol. The van der Waals surface area contributed by atoms with E-state index in [1.807, 2.05) is 0 Å². The van der Waals surface area contributed by atoms with Crippen molar-refractivity contribution in [2.45, 2.75) is 218 Å². The minimum atomic E-state index is -0.0875. The Morgan fingerprint density at radius 2 is 0.857 bits per heavy atom. The Balaban J connectivity index is 3.93. The molecule has 1 atom stereocenters. The Labute approximate surface area is 305 Å². The molecule has 0 radical (unpaired) electrons. The second kappa shape index (κ2) is 39.2. The van der Waals surface area contributed by atoms with Crippen LogP contribution in [0.1, 0.15) is 212 Å². The van der Waals surface area contributed by atoms with Crippen LogP contribution in [0, 0.1) is 0 Å². The average molecular weight is 690 g/mol. The third-order valence-electron chi connectivity index (χ3n) is 9.62. The second-order valence-corrected chi connectivity index (χ2v) is 14.8. The summed E-state index contributed by atoms with van der Waals surface area (Å²) in [6.07, 6.45) is 48.0. The highest BCUT2D eigenvalue weighted by Crippen LogP contribution is 2.18. The molecular weight excluding hydrogens is 606 g/mol. The summed E-state index contributed by atoms with van der Waals surface area (Å²) < 4.78 is 10.7. The van der Waals surface area contributed by atoms with Gasteiger partial charge in [0.1, 0.15) is 6.10 Å². The number of unbranched alkanes of at least 4 members (excludes halogenated alkanes) is 23. The molecule has 0 spiro atoms. The van der Waals surface area contributed by atoms with Gasteiger partial charge in [0.25, 0.3) is 0 Å². The Morgan fingerprint density at radius 1 is 0.490 bits per heavy atom. The van der Waals surface area contributed by atoms with Crippen LogP contribution < -0.4 is 0 Å². The summed E-state index contributed by atoms with van der Waals surface area (Å²) in [5.41, 5.74) is 0. The highest BCUT2D eigenvalue weighted by atomic mass is 16.5. The van der Waals surface area contributed by atoms with Gasteiger partial charge in [-0.1, -0.05) is 134 Å². The van der Waals surface area contributed by atoms with E-state index in [1.165, 1.54) is 168 Å².